The first kappa shape index (κ1) is 11.9. The number of hydrogen-bond donors (Lipinski definition) is 2. The van der Waals surface area contributed by atoms with Gasteiger partial charge >= 0.3 is 0 Å². The van der Waals surface area contributed by atoms with Crippen LogP contribution in [0.3, 0.4) is 0 Å². The van der Waals surface area contributed by atoms with Crippen LogP contribution in [-0.4, -0.2) is 22.3 Å². The van der Waals surface area contributed by atoms with Crippen LogP contribution in [0.4, 0.5) is 5.82 Å². The van der Waals surface area contributed by atoms with Crippen molar-refractivity contribution >= 4 is 5.82 Å². The highest BCUT2D eigenvalue weighted by atomic mass is 15.2. The maximum Gasteiger partial charge on any atom is 0.149 e. The zero-order valence-corrected chi connectivity index (χ0v) is 9.75. The summed E-state index contributed by atoms with van der Waals surface area (Å²) >= 11 is 0. The number of rotatable bonds is 5. The molecule has 1 aromatic heterocycles. The van der Waals surface area contributed by atoms with Crippen LogP contribution in [-0.2, 0) is 0 Å². The van der Waals surface area contributed by atoms with E-state index in [1.165, 1.54) is 0 Å². The van der Waals surface area contributed by atoms with Crippen LogP contribution in [0.25, 0.3) is 0 Å². The fraction of sp³-hybridized carbons (Fsp3) is 0.636. The second-order valence-electron chi connectivity index (χ2n) is 3.93. The molecule has 4 heteroatoms. The second kappa shape index (κ2) is 5.07. The van der Waals surface area contributed by atoms with Gasteiger partial charge in [0.2, 0.25) is 0 Å². The number of hydrogen-bond acceptors (Lipinski definition) is 4. The molecular formula is C11H20N4. The Morgan fingerprint density at radius 3 is 2.53 bits per heavy atom. The van der Waals surface area contributed by atoms with Crippen molar-refractivity contribution in [2.45, 2.75) is 39.2 Å². The molecule has 0 atom stereocenters. The van der Waals surface area contributed by atoms with E-state index in [1.807, 2.05) is 13.0 Å². The van der Waals surface area contributed by atoms with Gasteiger partial charge in [-0.15, -0.1) is 5.10 Å². The van der Waals surface area contributed by atoms with E-state index in [0.29, 0.717) is 6.54 Å². The molecule has 0 saturated carbocycles. The number of nitrogens with zero attached hydrogens (tertiary/aromatic N) is 2. The molecule has 0 fully saturated rings. The van der Waals surface area contributed by atoms with Gasteiger partial charge in [0.1, 0.15) is 5.82 Å². The van der Waals surface area contributed by atoms with Gasteiger partial charge < -0.3 is 11.1 Å². The Hall–Kier alpha value is -1.16. The summed E-state index contributed by atoms with van der Waals surface area (Å²) in [4.78, 5) is 0. The molecule has 15 heavy (non-hydrogen) atoms. The van der Waals surface area contributed by atoms with Gasteiger partial charge in [-0.3, -0.25) is 0 Å². The lowest BCUT2D eigenvalue weighted by atomic mass is 9.93. The number of nitrogens with one attached hydrogen (secondary N) is 1. The standard InChI is InChI=1S/C11H20N4/c1-4-11(5-2,8-12)14-10-6-9(3)7-13-15-10/h6-7H,4-5,8,12H2,1-3H3,(H,14,15). The van der Waals surface area contributed by atoms with Crippen LogP contribution in [0, 0.1) is 6.92 Å². The fourth-order valence-corrected chi connectivity index (χ4v) is 1.56. The maximum absolute atomic E-state index is 5.80. The molecule has 0 bridgehead atoms. The topological polar surface area (TPSA) is 63.8 Å². The van der Waals surface area contributed by atoms with Crippen LogP contribution in [0.1, 0.15) is 32.3 Å². The molecule has 0 amide bonds. The first-order chi connectivity index (χ1) is 7.15. The molecule has 3 N–H and O–H groups in total. The zero-order chi connectivity index (χ0) is 11.3. The van der Waals surface area contributed by atoms with Crippen LogP contribution in [0.5, 0.6) is 0 Å². The minimum atomic E-state index is -0.0531. The first-order valence-corrected chi connectivity index (χ1v) is 5.43. The summed E-state index contributed by atoms with van der Waals surface area (Å²) in [5.41, 5.74) is 6.85. The van der Waals surface area contributed by atoms with Crippen molar-refractivity contribution in [3.8, 4) is 0 Å². The molecule has 0 spiro atoms. The Kier molecular flexibility index (Phi) is 4.03. The van der Waals surface area contributed by atoms with E-state index in [2.05, 4.69) is 29.4 Å². The fourth-order valence-electron chi connectivity index (χ4n) is 1.56. The molecule has 0 aliphatic heterocycles. The lowest BCUT2D eigenvalue weighted by molar-refractivity contribution is 0.443. The summed E-state index contributed by atoms with van der Waals surface area (Å²) < 4.78 is 0. The molecule has 0 unspecified atom stereocenters. The van der Waals surface area contributed by atoms with Crippen molar-refractivity contribution in [1.29, 1.82) is 0 Å². The summed E-state index contributed by atoms with van der Waals surface area (Å²) in [5.74, 6) is 0.809. The van der Waals surface area contributed by atoms with Crippen LogP contribution >= 0.6 is 0 Å². The van der Waals surface area contributed by atoms with E-state index in [1.54, 1.807) is 6.20 Å². The van der Waals surface area contributed by atoms with Gasteiger partial charge in [0.15, 0.2) is 0 Å². The van der Waals surface area contributed by atoms with E-state index in [0.717, 1.165) is 24.2 Å². The average molecular weight is 208 g/mol. The normalized spacial score (nSPS) is 11.5. The van der Waals surface area contributed by atoms with Gasteiger partial charge in [-0.05, 0) is 31.4 Å². The summed E-state index contributed by atoms with van der Waals surface area (Å²) in [6.45, 7) is 6.87. The Morgan fingerprint density at radius 1 is 1.40 bits per heavy atom. The smallest absolute Gasteiger partial charge is 0.149 e. The summed E-state index contributed by atoms with van der Waals surface area (Å²) in [7, 11) is 0. The third kappa shape index (κ3) is 2.89. The van der Waals surface area contributed by atoms with Crippen molar-refractivity contribution in [1.82, 2.24) is 10.2 Å². The quantitative estimate of drug-likeness (QED) is 0.773. The SMILES string of the molecule is CCC(CC)(CN)Nc1cc(C)cnn1. The predicted octanol–water partition coefficient (Wildman–Crippen LogP) is 1.71. The van der Waals surface area contributed by atoms with Crippen molar-refractivity contribution in [3.05, 3.63) is 17.8 Å². The van der Waals surface area contributed by atoms with Gasteiger partial charge in [-0.1, -0.05) is 13.8 Å². The molecule has 1 heterocycles. The molecule has 0 aromatic carbocycles. The van der Waals surface area contributed by atoms with Crippen molar-refractivity contribution in [3.63, 3.8) is 0 Å². The van der Waals surface area contributed by atoms with Gasteiger partial charge in [0.25, 0.3) is 0 Å². The van der Waals surface area contributed by atoms with E-state index >= 15 is 0 Å². The first-order valence-electron chi connectivity index (χ1n) is 5.43. The van der Waals surface area contributed by atoms with E-state index in [-0.39, 0.29) is 5.54 Å². The summed E-state index contributed by atoms with van der Waals surface area (Å²) in [5, 5.41) is 11.4. The third-order valence-corrected chi connectivity index (χ3v) is 2.93. The van der Waals surface area contributed by atoms with E-state index in [9.17, 15) is 0 Å². The molecule has 0 aliphatic rings. The van der Waals surface area contributed by atoms with Gasteiger partial charge in [0, 0.05) is 6.54 Å². The van der Waals surface area contributed by atoms with E-state index in [4.69, 9.17) is 5.73 Å². The Labute approximate surface area is 91.3 Å². The summed E-state index contributed by atoms with van der Waals surface area (Å²) in [6, 6.07) is 1.99. The Morgan fingerprint density at radius 2 is 2.07 bits per heavy atom. The van der Waals surface area contributed by atoms with Gasteiger partial charge in [-0.2, -0.15) is 5.10 Å². The minimum Gasteiger partial charge on any atom is -0.362 e. The highest BCUT2D eigenvalue weighted by Gasteiger charge is 2.24. The lowest BCUT2D eigenvalue weighted by Crippen LogP contribution is -2.44. The van der Waals surface area contributed by atoms with Crippen LogP contribution in [0.15, 0.2) is 12.3 Å². The van der Waals surface area contributed by atoms with Gasteiger partial charge in [0.05, 0.1) is 11.7 Å². The third-order valence-electron chi connectivity index (χ3n) is 2.93. The van der Waals surface area contributed by atoms with E-state index < -0.39 is 0 Å². The minimum absolute atomic E-state index is 0.0531. The largest absolute Gasteiger partial charge is 0.362 e. The zero-order valence-electron chi connectivity index (χ0n) is 9.75. The lowest BCUT2D eigenvalue weighted by Gasteiger charge is -2.31. The molecule has 4 nitrogen and oxygen atoms in total. The number of anilines is 1. The van der Waals surface area contributed by atoms with Crippen molar-refractivity contribution in [2.24, 2.45) is 5.73 Å². The number of nitrogens with two attached hydrogens (primary N) is 1. The highest BCUT2D eigenvalue weighted by molar-refractivity contribution is 5.38. The number of aryl methyl sites for hydroxylation is 1. The van der Waals surface area contributed by atoms with Gasteiger partial charge in [-0.25, -0.2) is 0 Å². The van der Waals surface area contributed by atoms with Crippen LogP contribution in [0.2, 0.25) is 0 Å². The molecule has 0 saturated heterocycles. The maximum atomic E-state index is 5.80. The average Bonchev–Trinajstić information content (AvgIpc) is 2.26. The highest BCUT2D eigenvalue weighted by Crippen LogP contribution is 2.19. The second-order valence-corrected chi connectivity index (χ2v) is 3.93. The molecule has 84 valence electrons. The molecule has 0 radical (unpaired) electrons. The predicted molar refractivity (Wildman–Crippen MR) is 62.8 cm³/mol. The monoisotopic (exact) mass is 208 g/mol. The molecule has 1 aromatic rings. The van der Waals surface area contributed by atoms with Crippen molar-refractivity contribution in [2.75, 3.05) is 11.9 Å². The summed E-state index contributed by atoms with van der Waals surface area (Å²) in [6.07, 6.45) is 3.71. The molecular weight excluding hydrogens is 188 g/mol. The number of aromatic nitrogens is 2. The molecule has 1 rings (SSSR count). The molecule has 0 aliphatic carbocycles. The van der Waals surface area contributed by atoms with Crippen molar-refractivity contribution < 1.29 is 0 Å². The Bertz CT molecular complexity index is 299. The van der Waals surface area contributed by atoms with Crippen LogP contribution < -0.4 is 11.1 Å². The Balaban J connectivity index is 2.82.